The van der Waals surface area contributed by atoms with Crippen molar-refractivity contribution in [2.75, 3.05) is 6.61 Å². The van der Waals surface area contributed by atoms with E-state index in [0.717, 1.165) is 6.07 Å². The molecule has 1 aromatic rings. The van der Waals surface area contributed by atoms with Gasteiger partial charge in [-0.25, -0.2) is 9.59 Å². The highest BCUT2D eigenvalue weighted by atomic mass is 31.1. The fraction of sp³-hybridized carbons (Fsp3) is 0.500. The summed E-state index contributed by atoms with van der Waals surface area (Å²) in [7, 11) is -0.115. The Kier molecular flexibility index (Phi) is 8.80. The van der Waals surface area contributed by atoms with E-state index in [1.807, 2.05) is 33.8 Å². The lowest BCUT2D eigenvalue weighted by atomic mass is 10.1. The Morgan fingerprint density at radius 3 is 2.04 bits per heavy atom. The van der Waals surface area contributed by atoms with Gasteiger partial charge in [-0.1, -0.05) is 0 Å². The van der Waals surface area contributed by atoms with Crippen molar-refractivity contribution in [3.05, 3.63) is 34.9 Å². The third kappa shape index (κ3) is 6.26. The minimum absolute atomic E-state index is 0.0564. The summed E-state index contributed by atoms with van der Waals surface area (Å²) in [5, 5.41) is 27.1. The number of hydrogen-bond donors (Lipinski definition) is 2. The Balaban J connectivity index is 2.95. The molecule has 0 saturated heterocycles. The second kappa shape index (κ2) is 10.3. The zero-order valence-electron chi connectivity index (χ0n) is 15.9. The monoisotopic (exact) mass is 397 g/mol. The first-order valence-corrected chi connectivity index (χ1v) is 9.39. The summed E-state index contributed by atoms with van der Waals surface area (Å²) in [5.41, 5.74) is 0.258. The quantitative estimate of drug-likeness (QED) is 0.333. The van der Waals surface area contributed by atoms with Crippen LogP contribution in [0.2, 0.25) is 0 Å². The Bertz CT molecular complexity index is 674. The van der Waals surface area contributed by atoms with Crippen molar-refractivity contribution >= 4 is 20.9 Å². The number of quaternary nitrogens is 1. The first-order valence-electron chi connectivity index (χ1n) is 8.53. The lowest BCUT2D eigenvalue weighted by Crippen LogP contribution is -2.51. The highest BCUT2D eigenvalue weighted by molar-refractivity contribution is 7.25. The maximum Gasteiger partial charge on any atom is 0.335 e. The van der Waals surface area contributed by atoms with E-state index in [1.54, 1.807) is 0 Å². The topological polar surface area (TPSA) is 117 Å². The molecule has 0 heterocycles. The number of carbonyl (C=O) groups is 2. The molecule has 0 aliphatic rings. The second-order valence-corrected chi connectivity index (χ2v) is 7.72. The van der Waals surface area contributed by atoms with Crippen molar-refractivity contribution in [1.29, 1.82) is 5.26 Å². The summed E-state index contributed by atoms with van der Waals surface area (Å²) in [6.45, 7) is 8.32. The molecule has 2 N–H and O–H groups in total. The van der Waals surface area contributed by atoms with Gasteiger partial charge in [0, 0.05) is 0 Å². The molecule has 1 aromatic carbocycles. The summed E-state index contributed by atoms with van der Waals surface area (Å²) < 4.78 is 6.01. The van der Waals surface area contributed by atoms with Crippen molar-refractivity contribution in [2.24, 2.45) is 0 Å². The number of carboxylic acids is 2. The molecule has 1 unspecified atom stereocenters. The minimum Gasteiger partial charge on any atom is -0.478 e. The first kappa shape index (κ1) is 23.0. The summed E-state index contributed by atoms with van der Waals surface area (Å²) in [4.78, 5) is 28.4. The van der Waals surface area contributed by atoms with Gasteiger partial charge in [0.25, 0.3) is 8.96 Å². The molecule has 1 atom stereocenters. The number of carboxylic acid groups (broad SMARTS) is 2. The van der Waals surface area contributed by atoms with Crippen molar-refractivity contribution in [1.82, 2.24) is 0 Å². The van der Waals surface area contributed by atoms with E-state index < -0.39 is 11.9 Å². The van der Waals surface area contributed by atoms with Gasteiger partial charge in [0.05, 0.1) is 30.2 Å². The molecule has 1 rings (SSSR count). The molecule has 0 fully saturated rings. The van der Waals surface area contributed by atoms with Gasteiger partial charge < -0.3 is 14.7 Å². The molecule has 0 aliphatic carbocycles. The third-order valence-corrected chi connectivity index (χ3v) is 5.71. The lowest BCUT2D eigenvalue weighted by molar-refractivity contribution is -1.04. The number of nitriles is 1. The molecule has 148 valence electrons. The molecule has 0 bridgehead atoms. The molecule has 8 nitrogen and oxygen atoms in total. The van der Waals surface area contributed by atoms with Crippen molar-refractivity contribution in [3.8, 4) is 6.07 Å². The molecular formula is C18H26N2O6P+. The Hall–Kier alpha value is -2.04. The number of rotatable bonds is 11. The molecule has 0 saturated carbocycles. The van der Waals surface area contributed by atoms with Crippen LogP contribution in [-0.2, 0) is 16.0 Å². The SMILES string of the molecule is CC(C)[N+](OCCC#N)(POCc1cc(C(=O)O)cc(C(=O)O)c1)C(C)C. The fourth-order valence-electron chi connectivity index (χ4n) is 2.61. The van der Waals surface area contributed by atoms with Crippen LogP contribution in [0.5, 0.6) is 0 Å². The van der Waals surface area contributed by atoms with Crippen LogP contribution in [0.1, 0.15) is 60.4 Å². The second-order valence-electron chi connectivity index (χ2n) is 6.55. The average molecular weight is 397 g/mol. The molecule has 0 radical (unpaired) electrons. The third-order valence-electron chi connectivity index (χ3n) is 3.99. The van der Waals surface area contributed by atoms with E-state index in [2.05, 4.69) is 0 Å². The Morgan fingerprint density at radius 1 is 1.11 bits per heavy atom. The zero-order chi connectivity index (χ0) is 20.6. The number of nitrogens with zero attached hydrogens (tertiary/aromatic N) is 2. The molecule has 27 heavy (non-hydrogen) atoms. The Morgan fingerprint density at radius 2 is 1.63 bits per heavy atom. The van der Waals surface area contributed by atoms with Gasteiger partial charge in [-0.05, 0) is 51.5 Å². The largest absolute Gasteiger partial charge is 0.478 e. The van der Waals surface area contributed by atoms with Crippen LogP contribution in [0.4, 0.5) is 0 Å². The van der Waals surface area contributed by atoms with Gasteiger partial charge >= 0.3 is 11.9 Å². The number of aromatic carboxylic acids is 2. The first-order chi connectivity index (χ1) is 12.6. The molecule has 9 heteroatoms. The predicted octanol–water partition coefficient (Wildman–Crippen LogP) is 3.59. The summed E-state index contributed by atoms with van der Waals surface area (Å²) in [5.74, 6) is -2.40. The lowest BCUT2D eigenvalue weighted by Gasteiger charge is -2.40. The Labute approximate surface area is 160 Å². The van der Waals surface area contributed by atoms with Gasteiger partial charge in [-0.2, -0.15) is 10.1 Å². The van der Waals surface area contributed by atoms with Gasteiger partial charge in [-0.15, -0.1) is 4.42 Å². The van der Waals surface area contributed by atoms with Crippen molar-refractivity contribution in [2.45, 2.75) is 52.8 Å². The van der Waals surface area contributed by atoms with Gasteiger partial charge in [0.2, 0.25) is 0 Å². The fourth-order valence-corrected chi connectivity index (χ4v) is 3.61. The van der Waals surface area contributed by atoms with E-state index in [4.69, 9.17) is 24.8 Å². The van der Waals surface area contributed by atoms with Crippen molar-refractivity contribution in [3.63, 3.8) is 0 Å². The van der Waals surface area contributed by atoms with Crippen LogP contribution < -0.4 is 0 Å². The number of benzene rings is 1. The maximum atomic E-state index is 11.2. The van der Waals surface area contributed by atoms with E-state index in [0.29, 0.717) is 5.56 Å². The van der Waals surface area contributed by atoms with Crippen molar-refractivity contribution < 1.29 is 33.6 Å². The number of hydrogen-bond acceptors (Lipinski definition) is 5. The predicted molar refractivity (Wildman–Crippen MR) is 100 cm³/mol. The minimum atomic E-state index is -1.20. The smallest absolute Gasteiger partial charge is 0.335 e. The van der Waals surface area contributed by atoms with Gasteiger partial charge in [0.1, 0.15) is 18.7 Å². The van der Waals surface area contributed by atoms with Crippen LogP contribution >= 0.6 is 8.96 Å². The highest BCUT2D eigenvalue weighted by Gasteiger charge is 2.39. The van der Waals surface area contributed by atoms with Crippen LogP contribution in [0.15, 0.2) is 18.2 Å². The van der Waals surface area contributed by atoms with Crippen LogP contribution in [-0.4, -0.2) is 45.3 Å². The molecular weight excluding hydrogens is 371 g/mol. The van der Waals surface area contributed by atoms with Crippen LogP contribution in [0, 0.1) is 11.3 Å². The summed E-state index contributed by atoms with van der Waals surface area (Å²) in [6.07, 6.45) is 0.270. The molecule has 0 amide bonds. The van der Waals surface area contributed by atoms with Gasteiger partial charge in [-0.3, -0.25) is 0 Å². The standard InChI is InChI=1S/C18H25N2O6P/c1-12(2)20(13(3)4,25-7-5-6-19)27-26-11-14-8-15(17(21)22)10-16(9-14)18(23)24/h8-10,12-13,27H,5,7,11H2,1-4H3,(H-,21,22,23,24)/p+1. The maximum absolute atomic E-state index is 11.2. The molecule has 0 aromatic heterocycles. The highest BCUT2D eigenvalue weighted by Crippen LogP contribution is 2.39. The van der Waals surface area contributed by atoms with E-state index in [-0.39, 0.29) is 56.2 Å². The van der Waals surface area contributed by atoms with E-state index >= 15 is 0 Å². The number of hydroxylamine groups is 2. The summed E-state index contributed by atoms with van der Waals surface area (Å²) >= 11 is 0. The van der Waals surface area contributed by atoms with Crippen LogP contribution in [0.25, 0.3) is 0 Å². The molecule has 0 aliphatic heterocycles. The summed E-state index contributed by atoms with van der Waals surface area (Å²) in [6, 6.07) is 6.10. The van der Waals surface area contributed by atoms with E-state index in [9.17, 15) is 9.59 Å². The molecule has 0 spiro atoms. The van der Waals surface area contributed by atoms with Gasteiger partial charge in [0.15, 0.2) is 0 Å². The normalized spacial score (nSPS) is 12.0. The van der Waals surface area contributed by atoms with Crippen LogP contribution in [0.3, 0.4) is 0 Å². The zero-order valence-corrected chi connectivity index (χ0v) is 16.9. The van der Waals surface area contributed by atoms with E-state index in [1.165, 1.54) is 12.1 Å². The average Bonchev–Trinajstić information content (AvgIpc) is 2.59.